The van der Waals surface area contributed by atoms with Gasteiger partial charge in [-0.05, 0) is 54.2 Å². The van der Waals surface area contributed by atoms with Crippen LogP contribution in [0.15, 0.2) is 41.3 Å². The number of amides is 1. The Labute approximate surface area is 146 Å². The highest BCUT2D eigenvalue weighted by Gasteiger charge is 2.35. The van der Waals surface area contributed by atoms with Gasteiger partial charge < -0.3 is 4.90 Å². The molecule has 0 aromatic heterocycles. The van der Waals surface area contributed by atoms with E-state index in [0.717, 1.165) is 40.9 Å². The summed E-state index contributed by atoms with van der Waals surface area (Å²) in [7, 11) is -3.58. The van der Waals surface area contributed by atoms with Crippen LogP contribution in [0.4, 0.5) is 11.4 Å². The van der Waals surface area contributed by atoms with Gasteiger partial charge in [-0.2, -0.15) is 0 Å². The van der Waals surface area contributed by atoms with Gasteiger partial charge in [0.15, 0.2) is 0 Å². The number of carbonyl (C=O) groups is 1. The minimum absolute atomic E-state index is 0.148. The van der Waals surface area contributed by atoms with Crippen molar-refractivity contribution in [1.29, 1.82) is 0 Å². The SMILES string of the molecule is O=C1CCc2cc(S(=O)(=O)N3CCc4ccccc43)cc3c2N1CC3. The summed E-state index contributed by atoms with van der Waals surface area (Å²) >= 11 is 0. The first-order valence-electron chi connectivity index (χ1n) is 8.62. The minimum atomic E-state index is -3.58. The maximum absolute atomic E-state index is 13.3. The van der Waals surface area contributed by atoms with Gasteiger partial charge in [0.1, 0.15) is 0 Å². The Kier molecular flexibility index (Phi) is 3.04. The summed E-state index contributed by atoms with van der Waals surface area (Å²) in [4.78, 5) is 14.2. The van der Waals surface area contributed by atoms with Crippen LogP contribution < -0.4 is 9.21 Å². The largest absolute Gasteiger partial charge is 0.312 e. The van der Waals surface area contributed by atoms with Gasteiger partial charge in [-0.15, -0.1) is 0 Å². The molecule has 0 fully saturated rings. The molecule has 5 rings (SSSR count). The highest BCUT2D eigenvalue weighted by Crippen LogP contribution is 2.40. The molecule has 0 aliphatic carbocycles. The molecule has 25 heavy (non-hydrogen) atoms. The normalized spacial score (nSPS) is 18.5. The van der Waals surface area contributed by atoms with Gasteiger partial charge in [0, 0.05) is 19.5 Å². The molecule has 1 amide bonds. The van der Waals surface area contributed by atoms with Crippen molar-refractivity contribution in [3.63, 3.8) is 0 Å². The summed E-state index contributed by atoms with van der Waals surface area (Å²) in [6.07, 6.45) is 2.56. The standard InChI is InChI=1S/C19H18N2O3S/c22-18-6-5-14-11-16(12-15-7-9-20(18)19(14)15)25(23,24)21-10-8-13-3-1-2-4-17(13)21/h1-4,11-12H,5-10H2. The van der Waals surface area contributed by atoms with E-state index in [-0.39, 0.29) is 5.91 Å². The van der Waals surface area contributed by atoms with Crippen molar-refractivity contribution in [3.05, 3.63) is 53.1 Å². The summed E-state index contributed by atoms with van der Waals surface area (Å²) < 4.78 is 28.1. The van der Waals surface area contributed by atoms with Crippen LogP contribution in [0.25, 0.3) is 0 Å². The number of sulfonamides is 1. The zero-order valence-electron chi connectivity index (χ0n) is 13.7. The molecule has 5 nitrogen and oxygen atoms in total. The molecule has 3 aliphatic rings. The average Bonchev–Trinajstić information content (AvgIpc) is 3.23. The van der Waals surface area contributed by atoms with Crippen LogP contribution in [0, 0.1) is 0 Å². The maximum atomic E-state index is 13.3. The van der Waals surface area contributed by atoms with E-state index in [1.807, 2.05) is 29.2 Å². The third kappa shape index (κ3) is 2.07. The first kappa shape index (κ1) is 15.0. The molecule has 2 aromatic carbocycles. The first-order chi connectivity index (χ1) is 12.1. The third-order valence-electron chi connectivity index (χ3n) is 5.46. The minimum Gasteiger partial charge on any atom is -0.312 e. The molecule has 128 valence electrons. The summed E-state index contributed by atoms with van der Waals surface area (Å²) in [5.41, 5.74) is 4.79. The average molecular weight is 354 g/mol. The Morgan fingerprint density at radius 1 is 0.840 bits per heavy atom. The number of para-hydroxylation sites is 1. The smallest absolute Gasteiger partial charge is 0.264 e. The molecule has 3 heterocycles. The van der Waals surface area contributed by atoms with Crippen LogP contribution in [-0.2, 0) is 34.1 Å². The Morgan fingerprint density at radius 2 is 1.56 bits per heavy atom. The van der Waals surface area contributed by atoms with Crippen LogP contribution in [0.5, 0.6) is 0 Å². The number of fused-ring (bicyclic) bond motifs is 1. The van der Waals surface area contributed by atoms with Crippen molar-refractivity contribution in [2.45, 2.75) is 30.6 Å². The molecule has 0 atom stereocenters. The fraction of sp³-hybridized carbons (Fsp3) is 0.316. The molecule has 0 N–H and O–H groups in total. The van der Waals surface area contributed by atoms with Crippen molar-refractivity contribution < 1.29 is 13.2 Å². The van der Waals surface area contributed by atoms with Crippen LogP contribution in [0.1, 0.15) is 23.1 Å². The van der Waals surface area contributed by atoms with Gasteiger partial charge in [-0.1, -0.05) is 18.2 Å². The molecule has 2 aromatic rings. The molecule has 0 saturated heterocycles. The van der Waals surface area contributed by atoms with Gasteiger partial charge in [0.25, 0.3) is 10.0 Å². The molecule has 0 spiro atoms. The Bertz CT molecular complexity index is 1010. The number of hydrogen-bond donors (Lipinski definition) is 0. The van der Waals surface area contributed by atoms with E-state index in [9.17, 15) is 13.2 Å². The van der Waals surface area contributed by atoms with Gasteiger partial charge in [0.2, 0.25) is 5.91 Å². The van der Waals surface area contributed by atoms with Gasteiger partial charge >= 0.3 is 0 Å². The van der Waals surface area contributed by atoms with Crippen LogP contribution in [0.2, 0.25) is 0 Å². The number of benzene rings is 2. The molecular formula is C19H18N2O3S. The van der Waals surface area contributed by atoms with E-state index < -0.39 is 10.0 Å². The predicted octanol–water partition coefficient (Wildman–Crippen LogP) is 2.27. The third-order valence-corrected chi connectivity index (χ3v) is 7.25. The zero-order chi connectivity index (χ0) is 17.2. The van der Waals surface area contributed by atoms with E-state index in [1.54, 1.807) is 12.1 Å². The summed E-state index contributed by atoms with van der Waals surface area (Å²) in [6, 6.07) is 11.2. The number of anilines is 2. The van der Waals surface area contributed by atoms with Gasteiger partial charge in [-0.3, -0.25) is 9.10 Å². The maximum Gasteiger partial charge on any atom is 0.264 e. The fourth-order valence-corrected chi connectivity index (χ4v) is 5.87. The molecule has 0 bridgehead atoms. The zero-order valence-corrected chi connectivity index (χ0v) is 14.6. The van der Waals surface area contributed by atoms with Crippen molar-refractivity contribution >= 4 is 27.3 Å². The van der Waals surface area contributed by atoms with E-state index in [4.69, 9.17) is 0 Å². The molecule has 6 heteroatoms. The second kappa shape index (κ2) is 5.08. The van der Waals surface area contributed by atoms with E-state index in [1.165, 1.54) is 4.31 Å². The fourth-order valence-electron chi connectivity index (χ4n) is 4.26. The van der Waals surface area contributed by atoms with Crippen LogP contribution in [0.3, 0.4) is 0 Å². The summed E-state index contributed by atoms with van der Waals surface area (Å²) in [5.74, 6) is 0.148. The Morgan fingerprint density at radius 3 is 2.40 bits per heavy atom. The Balaban J connectivity index is 1.62. The van der Waals surface area contributed by atoms with Gasteiger partial charge in [-0.25, -0.2) is 8.42 Å². The highest BCUT2D eigenvalue weighted by molar-refractivity contribution is 7.92. The summed E-state index contributed by atoms with van der Waals surface area (Å²) in [5, 5.41) is 0. The monoisotopic (exact) mass is 354 g/mol. The first-order valence-corrected chi connectivity index (χ1v) is 10.1. The quantitative estimate of drug-likeness (QED) is 0.831. The lowest BCUT2D eigenvalue weighted by Crippen LogP contribution is -2.33. The molecule has 0 saturated carbocycles. The Hall–Kier alpha value is -2.34. The number of nitrogens with zero attached hydrogens (tertiary/aromatic N) is 2. The highest BCUT2D eigenvalue weighted by atomic mass is 32.2. The van der Waals surface area contributed by atoms with Crippen molar-refractivity contribution in [3.8, 4) is 0 Å². The van der Waals surface area contributed by atoms with Crippen molar-refractivity contribution in [2.24, 2.45) is 0 Å². The topological polar surface area (TPSA) is 57.7 Å². The van der Waals surface area contributed by atoms with E-state index in [2.05, 4.69) is 0 Å². The second-order valence-corrected chi connectivity index (χ2v) is 8.70. The molecule has 0 radical (unpaired) electrons. The predicted molar refractivity (Wildman–Crippen MR) is 95.5 cm³/mol. The number of rotatable bonds is 2. The van der Waals surface area contributed by atoms with Crippen LogP contribution >= 0.6 is 0 Å². The number of aryl methyl sites for hydroxylation is 1. The second-order valence-electron chi connectivity index (χ2n) is 6.84. The lowest BCUT2D eigenvalue weighted by molar-refractivity contribution is -0.118. The van der Waals surface area contributed by atoms with Gasteiger partial charge in [0.05, 0.1) is 16.3 Å². The number of hydrogen-bond acceptors (Lipinski definition) is 3. The van der Waals surface area contributed by atoms with E-state index >= 15 is 0 Å². The number of carbonyl (C=O) groups excluding carboxylic acids is 1. The lowest BCUT2D eigenvalue weighted by Gasteiger charge is -2.26. The van der Waals surface area contributed by atoms with E-state index in [0.29, 0.717) is 30.8 Å². The molecule has 3 aliphatic heterocycles. The summed E-state index contributed by atoms with van der Waals surface area (Å²) in [6.45, 7) is 1.15. The lowest BCUT2D eigenvalue weighted by atomic mass is 10.00. The van der Waals surface area contributed by atoms with Crippen molar-refractivity contribution in [2.75, 3.05) is 22.3 Å². The molecule has 0 unspecified atom stereocenters. The van der Waals surface area contributed by atoms with Crippen LogP contribution in [-0.4, -0.2) is 27.4 Å². The van der Waals surface area contributed by atoms with Crippen molar-refractivity contribution in [1.82, 2.24) is 0 Å². The molecular weight excluding hydrogens is 336 g/mol.